The average Bonchev–Trinajstić information content (AvgIpc) is 3.26. The molecule has 5 atom stereocenters. The van der Waals surface area contributed by atoms with Crippen molar-refractivity contribution in [3.8, 4) is 12.3 Å². The molecule has 2 fully saturated rings. The summed E-state index contributed by atoms with van der Waals surface area (Å²) in [6, 6.07) is -1.11. The highest BCUT2D eigenvalue weighted by atomic mass is 32.2. The third-order valence-electron chi connectivity index (χ3n) is 6.36. The number of hydrogen-bond donors (Lipinski definition) is 5. The van der Waals surface area contributed by atoms with Gasteiger partial charge in [-0.3, -0.25) is 14.6 Å². The number of sulfonamides is 1. The molecule has 2 saturated carbocycles. The quantitative estimate of drug-likeness (QED) is 0.313. The van der Waals surface area contributed by atoms with Crippen molar-refractivity contribution < 1.29 is 23.1 Å². The second-order valence-corrected chi connectivity index (χ2v) is 10.8. The van der Waals surface area contributed by atoms with Gasteiger partial charge in [-0.15, -0.1) is 6.42 Å². The van der Waals surface area contributed by atoms with E-state index in [0.29, 0.717) is 19.3 Å². The van der Waals surface area contributed by atoms with Gasteiger partial charge in [0.25, 0.3) is 0 Å². The van der Waals surface area contributed by atoms with Crippen LogP contribution >= 0.6 is 0 Å². The first-order valence-electron chi connectivity index (χ1n) is 11.3. The predicted octanol–water partition coefficient (Wildman–Crippen LogP) is -0.0827. The van der Waals surface area contributed by atoms with Crippen molar-refractivity contribution in [3.63, 3.8) is 0 Å². The van der Waals surface area contributed by atoms with Gasteiger partial charge in [-0.1, -0.05) is 18.8 Å². The highest BCUT2D eigenvalue weighted by molar-refractivity contribution is 7.90. The molecule has 0 aromatic carbocycles. The van der Waals surface area contributed by atoms with E-state index in [2.05, 4.69) is 31.6 Å². The number of aliphatic carboxylic acids is 1. The third kappa shape index (κ3) is 6.84. The first-order chi connectivity index (χ1) is 15.3. The lowest BCUT2D eigenvalue weighted by molar-refractivity contribution is -0.137. The average molecular weight is 468 g/mol. The number of aliphatic imine (C=N–C) groups is 1. The van der Waals surface area contributed by atoms with Crippen LogP contribution in [-0.4, -0.2) is 67.8 Å². The fourth-order valence-corrected chi connectivity index (χ4v) is 6.43. The van der Waals surface area contributed by atoms with Gasteiger partial charge in [-0.25, -0.2) is 8.42 Å². The molecule has 0 saturated heterocycles. The molecule has 3 rings (SSSR count). The number of carboxylic acid groups (broad SMARTS) is 1. The Morgan fingerprint density at radius 1 is 1.19 bits per heavy atom. The Morgan fingerprint density at radius 3 is 2.62 bits per heavy atom. The summed E-state index contributed by atoms with van der Waals surface area (Å²) < 4.78 is 27.8. The van der Waals surface area contributed by atoms with Gasteiger partial charge in [0.2, 0.25) is 15.9 Å². The predicted molar refractivity (Wildman–Crippen MR) is 120 cm³/mol. The zero-order valence-corrected chi connectivity index (χ0v) is 19.0. The summed E-state index contributed by atoms with van der Waals surface area (Å²) in [5, 5.41) is 17.8. The van der Waals surface area contributed by atoms with E-state index in [-0.39, 0.29) is 23.9 Å². The molecule has 0 aromatic heterocycles. The summed E-state index contributed by atoms with van der Waals surface area (Å²) >= 11 is 0. The fraction of sp³-hybridized carbons (Fsp3) is 0.762. The molecule has 2 aliphatic carbocycles. The summed E-state index contributed by atoms with van der Waals surface area (Å²) in [6.07, 6.45) is 10.4. The van der Waals surface area contributed by atoms with Gasteiger partial charge in [0.05, 0.1) is 24.3 Å². The second-order valence-electron chi connectivity index (χ2n) is 8.84. The molecule has 1 heterocycles. The van der Waals surface area contributed by atoms with Crippen molar-refractivity contribution in [2.24, 2.45) is 10.9 Å². The van der Waals surface area contributed by atoms with Gasteiger partial charge < -0.3 is 21.1 Å². The SMILES string of the molecule is C#C[C@H](CC(=O)O)NS(=O)(=O)C1CCCC(NC(=O)C2CCCC(NC3=NCCN3)C2)C1. The Balaban J connectivity index is 1.52. The molecule has 4 unspecified atom stereocenters. The molecular weight excluding hydrogens is 434 g/mol. The first-order valence-corrected chi connectivity index (χ1v) is 12.9. The highest BCUT2D eigenvalue weighted by Crippen LogP contribution is 2.27. The van der Waals surface area contributed by atoms with Gasteiger partial charge >= 0.3 is 5.97 Å². The Labute approximate surface area is 189 Å². The minimum atomic E-state index is -3.79. The number of nitrogens with zero attached hydrogens (tertiary/aromatic N) is 1. The number of carbonyl (C=O) groups is 2. The number of rotatable bonds is 8. The molecule has 3 aliphatic rings. The van der Waals surface area contributed by atoms with Crippen LogP contribution in [0.5, 0.6) is 0 Å². The normalized spacial score (nSPS) is 29.2. The van der Waals surface area contributed by atoms with Crippen LogP contribution in [0.4, 0.5) is 0 Å². The van der Waals surface area contributed by atoms with Crippen molar-refractivity contribution in [3.05, 3.63) is 0 Å². The maximum atomic E-state index is 12.9. The van der Waals surface area contributed by atoms with Crippen LogP contribution < -0.4 is 20.7 Å². The Hall–Kier alpha value is -2.32. The zero-order valence-electron chi connectivity index (χ0n) is 18.2. The largest absolute Gasteiger partial charge is 0.481 e. The second kappa shape index (κ2) is 11.0. The number of carbonyl (C=O) groups excluding carboxylic acids is 1. The van der Waals surface area contributed by atoms with Crippen molar-refractivity contribution >= 4 is 27.9 Å². The first kappa shape index (κ1) is 24.3. The molecular formula is C21H33N5O5S. The molecule has 1 amide bonds. The molecule has 0 aromatic rings. The van der Waals surface area contributed by atoms with E-state index >= 15 is 0 Å². The molecule has 0 radical (unpaired) electrons. The molecule has 178 valence electrons. The lowest BCUT2D eigenvalue weighted by atomic mass is 9.84. The summed E-state index contributed by atoms with van der Waals surface area (Å²) in [7, 11) is -3.79. The van der Waals surface area contributed by atoms with Crippen LogP contribution in [0.3, 0.4) is 0 Å². The molecule has 11 heteroatoms. The van der Waals surface area contributed by atoms with E-state index in [4.69, 9.17) is 11.5 Å². The van der Waals surface area contributed by atoms with Crippen LogP contribution in [0.25, 0.3) is 0 Å². The summed E-state index contributed by atoms with van der Waals surface area (Å²) in [5.74, 6) is 1.68. The maximum Gasteiger partial charge on any atom is 0.305 e. The topological polar surface area (TPSA) is 149 Å². The van der Waals surface area contributed by atoms with E-state index in [1.54, 1.807) is 0 Å². The van der Waals surface area contributed by atoms with Crippen molar-refractivity contribution in [1.82, 2.24) is 20.7 Å². The Morgan fingerprint density at radius 2 is 1.94 bits per heavy atom. The molecule has 0 spiro atoms. The van der Waals surface area contributed by atoms with Crippen molar-refractivity contribution in [2.45, 2.75) is 81.2 Å². The monoisotopic (exact) mass is 467 g/mol. The minimum absolute atomic E-state index is 0.0267. The lowest BCUT2D eigenvalue weighted by Gasteiger charge is -2.33. The molecule has 32 heavy (non-hydrogen) atoms. The lowest BCUT2D eigenvalue weighted by Crippen LogP contribution is -2.49. The van der Waals surface area contributed by atoms with E-state index in [0.717, 1.165) is 51.2 Å². The van der Waals surface area contributed by atoms with Crippen LogP contribution in [0.15, 0.2) is 4.99 Å². The van der Waals surface area contributed by atoms with Gasteiger partial charge in [0.15, 0.2) is 5.96 Å². The van der Waals surface area contributed by atoms with E-state index < -0.39 is 33.7 Å². The maximum absolute atomic E-state index is 12.9. The van der Waals surface area contributed by atoms with Gasteiger partial charge in [0, 0.05) is 24.5 Å². The van der Waals surface area contributed by atoms with E-state index in [1.165, 1.54) is 0 Å². The summed E-state index contributed by atoms with van der Waals surface area (Å²) in [4.78, 5) is 28.1. The summed E-state index contributed by atoms with van der Waals surface area (Å²) in [5.41, 5.74) is 0. The van der Waals surface area contributed by atoms with Crippen molar-refractivity contribution in [1.29, 1.82) is 0 Å². The number of guanidine groups is 1. The van der Waals surface area contributed by atoms with Crippen LogP contribution in [0.2, 0.25) is 0 Å². The summed E-state index contributed by atoms with van der Waals surface area (Å²) in [6.45, 7) is 1.59. The Kier molecular flexibility index (Phi) is 8.37. The fourth-order valence-electron chi connectivity index (χ4n) is 4.73. The van der Waals surface area contributed by atoms with Crippen LogP contribution in [0, 0.1) is 18.3 Å². The highest BCUT2D eigenvalue weighted by Gasteiger charge is 2.35. The molecule has 5 N–H and O–H groups in total. The Bertz CT molecular complexity index is 868. The standard InChI is InChI=1S/C21H33N5O5S/c1-2-15(13-19(27)28)26-32(30,31)18-8-4-7-17(12-18)24-20(29)14-5-3-6-16(11-14)25-21-22-9-10-23-21/h1,14-18,26H,3-13H2,(H,24,29)(H,27,28)(H2,22,23,25)/t14?,15-,16?,17?,18?/m1/s1. The molecule has 1 aliphatic heterocycles. The zero-order chi connectivity index (χ0) is 23.1. The molecule has 10 nitrogen and oxygen atoms in total. The molecule has 0 bridgehead atoms. The third-order valence-corrected chi connectivity index (χ3v) is 8.28. The number of carboxylic acids is 1. The number of amides is 1. The van der Waals surface area contributed by atoms with Crippen molar-refractivity contribution in [2.75, 3.05) is 13.1 Å². The number of hydrogen-bond acceptors (Lipinski definition) is 7. The van der Waals surface area contributed by atoms with Gasteiger partial charge in [0.1, 0.15) is 0 Å². The van der Waals surface area contributed by atoms with Crippen LogP contribution in [0.1, 0.15) is 57.8 Å². The van der Waals surface area contributed by atoms with Crippen LogP contribution in [-0.2, 0) is 19.6 Å². The number of terminal acetylenes is 1. The van der Waals surface area contributed by atoms with E-state index in [9.17, 15) is 18.0 Å². The minimum Gasteiger partial charge on any atom is -0.481 e. The smallest absolute Gasteiger partial charge is 0.305 e. The van der Waals surface area contributed by atoms with E-state index in [1.807, 2.05) is 0 Å². The van der Waals surface area contributed by atoms with Gasteiger partial charge in [-0.05, 0) is 38.5 Å². The van der Waals surface area contributed by atoms with Gasteiger partial charge in [-0.2, -0.15) is 4.72 Å². The number of nitrogens with one attached hydrogen (secondary N) is 4.